The van der Waals surface area contributed by atoms with Crippen LogP contribution in [0.25, 0.3) is 0 Å². The van der Waals surface area contributed by atoms with E-state index in [9.17, 15) is 35.7 Å². The van der Waals surface area contributed by atoms with E-state index in [1.807, 2.05) is 0 Å². The predicted molar refractivity (Wildman–Crippen MR) is 59.8 cm³/mol. The topological polar surface area (TPSA) is 64.6 Å². The Kier molecular flexibility index (Phi) is 7.17. The molecule has 1 amide bonds. The molecule has 126 valence electrons. The molecule has 0 rings (SSSR count). The molecule has 0 aliphatic rings. The van der Waals surface area contributed by atoms with Crippen LogP contribution in [0.5, 0.6) is 0 Å². The van der Waals surface area contributed by atoms with Gasteiger partial charge in [0.2, 0.25) is 5.91 Å². The van der Waals surface area contributed by atoms with Gasteiger partial charge in [0, 0.05) is 6.04 Å². The summed E-state index contributed by atoms with van der Waals surface area (Å²) < 4.78 is 91.5. The molecule has 0 radical (unpaired) electrons. The van der Waals surface area contributed by atoms with E-state index in [0.717, 1.165) is 0 Å². The minimum Gasteiger partial charge on any atom is -0.353 e. The van der Waals surface area contributed by atoms with Gasteiger partial charge in [-0.3, -0.25) is 18.4 Å². The highest BCUT2D eigenvalue weighted by Crippen LogP contribution is 2.49. The number of halogens is 6. The van der Waals surface area contributed by atoms with E-state index in [0.29, 0.717) is 0 Å². The maximum atomic E-state index is 12.0. The molecule has 0 heterocycles. The van der Waals surface area contributed by atoms with Crippen molar-refractivity contribution in [1.29, 1.82) is 0 Å². The molecular formula is C9H14F6NO4P. The Balaban J connectivity index is 4.82. The van der Waals surface area contributed by atoms with Gasteiger partial charge in [-0.25, -0.2) is 0 Å². The molecule has 0 aromatic heterocycles. The van der Waals surface area contributed by atoms with E-state index in [-0.39, 0.29) is 0 Å². The van der Waals surface area contributed by atoms with E-state index < -0.39 is 51.3 Å². The first kappa shape index (κ1) is 20.2. The third-order valence-electron chi connectivity index (χ3n) is 1.64. The summed E-state index contributed by atoms with van der Waals surface area (Å²) in [6, 6.07) is -0.448. The van der Waals surface area contributed by atoms with Crippen molar-refractivity contribution in [2.24, 2.45) is 0 Å². The normalized spacial score (nSPS) is 13.6. The van der Waals surface area contributed by atoms with Crippen molar-refractivity contribution in [3.05, 3.63) is 0 Å². The zero-order chi connectivity index (χ0) is 16.9. The second kappa shape index (κ2) is 7.46. The lowest BCUT2D eigenvalue weighted by Gasteiger charge is -2.20. The lowest BCUT2D eigenvalue weighted by Crippen LogP contribution is -2.33. The summed E-state index contributed by atoms with van der Waals surface area (Å²) in [6.07, 6.45) is -11.1. The Bertz CT molecular complexity index is 373. The molecule has 0 aromatic rings. The van der Waals surface area contributed by atoms with Crippen LogP contribution in [0.4, 0.5) is 26.3 Å². The molecule has 5 nitrogen and oxygen atoms in total. The van der Waals surface area contributed by atoms with Crippen LogP contribution >= 0.6 is 7.60 Å². The van der Waals surface area contributed by atoms with Gasteiger partial charge in [0.15, 0.2) is 13.2 Å². The van der Waals surface area contributed by atoms with Gasteiger partial charge in [0.05, 0.1) is 0 Å². The third-order valence-corrected chi connectivity index (χ3v) is 3.36. The molecule has 21 heavy (non-hydrogen) atoms. The molecule has 0 unspecified atom stereocenters. The molecule has 0 aliphatic carbocycles. The largest absolute Gasteiger partial charge is 0.412 e. The Hall–Kier alpha value is -0.800. The predicted octanol–water partition coefficient (Wildman–Crippen LogP) is 2.86. The summed E-state index contributed by atoms with van der Waals surface area (Å²) in [7, 11) is -4.88. The van der Waals surface area contributed by atoms with Gasteiger partial charge in [-0.15, -0.1) is 0 Å². The van der Waals surface area contributed by atoms with Gasteiger partial charge in [-0.1, -0.05) is 0 Å². The highest BCUT2D eigenvalue weighted by atomic mass is 31.2. The fourth-order valence-electron chi connectivity index (χ4n) is 1.02. The van der Waals surface area contributed by atoms with E-state index >= 15 is 0 Å². The Labute approximate surface area is 116 Å². The number of carbonyl (C=O) groups excluding carboxylic acids is 1. The minimum atomic E-state index is -4.92. The molecule has 0 bridgehead atoms. The Morgan fingerprint density at radius 1 is 1.05 bits per heavy atom. The smallest absolute Gasteiger partial charge is 0.353 e. The van der Waals surface area contributed by atoms with E-state index in [1.165, 1.54) is 13.8 Å². The highest BCUT2D eigenvalue weighted by molar-refractivity contribution is 7.54. The summed E-state index contributed by atoms with van der Waals surface area (Å²) in [4.78, 5) is 11.3. The maximum absolute atomic E-state index is 12.0. The van der Waals surface area contributed by atoms with Crippen molar-refractivity contribution in [2.45, 2.75) is 32.2 Å². The van der Waals surface area contributed by atoms with Gasteiger partial charge >= 0.3 is 19.9 Å². The summed E-state index contributed by atoms with van der Waals surface area (Å²) in [6.45, 7) is -1.18. The van der Waals surface area contributed by atoms with Gasteiger partial charge in [-0.05, 0) is 13.8 Å². The lowest BCUT2D eigenvalue weighted by molar-refractivity contribution is -0.165. The van der Waals surface area contributed by atoms with Crippen LogP contribution in [0.2, 0.25) is 0 Å². The fraction of sp³-hybridized carbons (Fsp3) is 0.889. The summed E-state index contributed by atoms with van der Waals surface area (Å²) in [5, 5.41) is 2.16. The average molecular weight is 345 g/mol. The molecular weight excluding hydrogens is 331 g/mol. The number of rotatable bonds is 7. The Morgan fingerprint density at radius 3 is 1.71 bits per heavy atom. The molecule has 12 heteroatoms. The van der Waals surface area contributed by atoms with Crippen LogP contribution in [-0.4, -0.2) is 43.7 Å². The monoisotopic (exact) mass is 345 g/mol. The number of hydrogen-bond acceptors (Lipinski definition) is 4. The molecule has 1 N–H and O–H groups in total. The second-order valence-electron chi connectivity index (χ2n) is 4.27. The molecule has 0 aromatic carbocycles. The number of amides is 1. The summed E-state index contributed by atoms with van der Waals surface area (Å²) in [5.74, 6) is -1.04. The zero-order valence-corrected chi connectivity index (χ0v) is 11.9. The maximum Gasteiger partial charge on any atom is 0.412 e. The quantitative estimate of drug-likeness (QED) is 0.569. The van der Waals surface area contributed by atoms with E-state index in [1.54, 1.807) is 0 Å². The molecule has 0 atom stereocenters. The van der Waals surface area contributed by atoms with Crippen LogP contribution in [-0.2, 0) is 18.4 Å². The second-order valence-corrected chi connectivity index (χ2v) is 6.32. The van der Waals surface area contributed by atoms with Crippen molar-refractivity contribution in [3.8, 4) is 0 Å². The van der Waals surface area contributed by atoms with E-state index in [2.05, 4.69) is 14.4 Å². The zero-order valence-electron chi connectivity index (χ0n) is 11.0. The SMILES string of the molecule is CC(C)NC(=O)CP(=O)(OCC(F)(F)F)OCC(F)(F)F. The first-order chi connectivity index (χ1) is 9.22. The molecule has 0 spiro atoms. The van der Waals surface area contributed by atoms with Crippen molar-refractivity contribution in [2.75, 3.05) is 19.4 Å². The first-order valence-electron chi connectivity index (χ1n) is 5.53. The number of nitrogens with one attached hydrogen (secondary N) is 1. The molecule has 0 saturated heterocycles. The summed E-state index contributed by atoms with van der Waals surface area (Å²) >= 11 is 0. The number of carbonyl (C=O) groups is 1. The highest BCUT2D eigenvalue weighted by Gasteiger charge is 2.39. The van der Waals surface area contributed by atoms with Crippen LogP contribution in [0, 0.1) is 0 Å². The lowest BCUT2D eigenvalue weighted by atomic mass is 10.4. The van der Waals surface area contributed by atoms with Crippen molar-refractivity contribution < 1.29 is 44.7 Å². The standard InChI is InChI=1S/C9H14F6NO4P/c1-6(2)16-7(17)3-21(18,19-4-8(10,11)12)20-5-9(13,14)15/h6H,3-5H2,1-2H3,(H,16,17). The Morgan fingerprint density at radius 2 is 1.43 bits per heavy atom. The van der Waals surface area contributed by atoms with Crippen molar-refractivity contribution in [3.63, 3.8) is 0 Å². The fourth-order valence-corrected chi connectivity index (χ4v) is 2.40. The minimum absolute atomic E-state index is 0.448. The molecule has 0 saturated carbocycles. The third kappa shape index (κ3) is 11.5. The van der Waals surface area contributed by atoms with Crippen molar-refractivity contribution >= 4 is 13.5 Å². The summed E-state index contributed by atoms with van der Waals surface area (Å²) in [5.41, 5.74) is 0. The van der Waals surface area contributed by atoms with Crippen LogP contribution in [0.3, 0.4) is 0 Å². The number of hydrogen-bond donors (Lipinski definition) is 1. The van der Waals surface area contributed by atoms with E-state index in [4.69, 9.17) is 0 Å². The van der Waals surface area contributed by atoms with Gasteiger partial charge in [0.1, 0.15) is 6.16 Å². The van der Waals surface area contributed by atoms with Crippen LogP contribution in [0.15, 0.2) is 0 Å². The van der Waals surface area contributed by atoms with Crippen LogP contribution in [0.1, 0.15) is 13.8 Å². The van der Waals surface area contributed by atoms with Gasteiger partial charge in [-0.2, -0.15) is 26.3 Å². The van der Waals surface area contributed by atoms with Gasteiger partial charge in [0.25, 0.3) is 0 Å². The van der Waals surface area contributed by atoms with Crippen molar-refractivity contribution in [1.82, 2.24) is 5.32 Å². The number of alkyl halides is 6. The average Bonchev–Trinajstić information content (AvgIpc) is 2.21. The first-order valence-corrected chi connectivity index (χ1v) is 7.26. The van der Waals surface area contributed by atoms with Crippen LogP contribution < -0.4 is 5.32 Å². The molecule has 0 aliphatic heterocycles. The van der Waals surface area contributed by atoms with Gasteiger partial charge < -0.3 is 5.32 Å². The molecule has 0 fully saturated rings.